The van der Waals surface area contributed by atoms with Crippen LogP contribution in [-0.2, 0) is 0 Å². The Balaban J connectivity index is 1.86. The molecule has 0 radical (unpaired) electrons. The Morgan fingerprint density at radius 3 is 2.36 bits per heavy atom. The smallest absolute Gasteiger partial charge is 0.251 e. The average Bonchev–Trinajstić information content (AvgIpc) is 2.51. The standard InChI is InChI=1S/C18H20FNO2/c1-12-4-5-13(2)17(14(12)3)22-11-10-20-18(21)15-6-8-16(19)9-7-15/h4-9H,10-11H2,1-3H3,(H,20,21). The van der Waals surface area contributed by atoms with Crippen molar-refractivity contribution < 1.29 is 13.9 Å². The van der Waals surface area contributed by atoms with E-state index in [1.54, 1.807) is 0 Å². The van der Waals surface area contributed by atoms with E-state index in [0.29, 0.717) is 18.7 Å². The van der Waals surface area contributed by atoms with Crippen molar-refractivity contribution in [1.29, 1.82) is 0 Å². The number of aryl methyl sites for hydroxylation is 2. The number of nitrogens with one attached hydrogen (secondary N) is 1. The summed E-state index contributed by atoms with van der Waals surface area (Å²) in [4.78, 5) is 11.9. The fraction of sp³-hybridized carbons (Fsp3) is 0.278. The fourth-order valence-electron chi connectivity index (χ4n) is 2.17. The summed E-state index contributed by atoms with van der Waals surface area (Å²) >= 11 is 0. The van der Waals surface area contributed by atoms with Crippen molar-refractivity contribution >= 4 is 5.91 Å². The van der Waals surface area contributed by atoms with Crippen LogP contribution in [-0.4, -0.2) is 19.1 Å². The Morgan fingerprint density at radius 2 is 1.68 bits per heavy atom. The third-order valence-corrected chi connectivity index (χ3v) is 3.61. The summed E-state index contributed by atoms with van der Waals surface area (Å²) < 4.78 is 18.6. The Morgan fingerprint density at radius 1 is 1.05 bits per heavy atom. The second-order valence-corrected chi connectivity index (χ2v) is 5.26. The Kier molecular flexibility index (Phi) is 5.15. The van der Waals surface area contributed by atoms with E-state index in [0.717, 1.165) is 16.9 Å². The summed E-state index contributed by atoms with van der Waals surface area (Å²) in [7, 11) is 0. The van der Waals surface area contributed by atoms with Crippen molar-refractivity contribution in [2.24, 2.45) is 0 Å². The van der Waals surface area contributed by atoms with Gasteiger partial charge in [-0.1, -0.05) is 12.1 Å². The van der Waals surface area contributed by atoms with E-state index in [4.69, 9.17) is 4.74 Å². The highest BCUT2D eigenvalue weighted by atomic mass is 19.1. The number of ether oxygens (including phenoxy) is 1. The molecule has 1 N–H and O–H groups in total. The molecule has 0 saturated carbocycles. The lowest BCUT2D eigenvalue weighted by Crippen LogP contribution is -2.28. The second kappa shape index (κ2) is 7.07. The third kappa shape index (κ3) is 3.85. The van der Waals surface area contributed by atoms with Crippen LogP contribution >= 0.6 is 0 Å². The van der Waals surface area contributed by atoms with Gasteiger partial charge in [-0.15, -0.1) is 0 Å². The van der Waals surface area contributed by atoms with Crippen molar-refractivity contribution in [1.82, 2.24) is 5.32 Å². The molecular weight excluding hydrogens is 281 g/mol. The summed E-state index contributed by atoms with van der Waals surface area (Å²) in [5.41, 5.74) is 3.80. The largest absolute Gasteiger partial charge is 0.491 e. The van der Waals surface area contributed by atoms with Crippen LogP contribution < -0.4 is 10.1 Å². The van der Waals surface area contributed by atoms with Crippen molar-refractivity contribution in [3.8, 4) is 5.75 Å². The second-order valence-electron chi connectivity index (χ2n) is 5.26. The lowest BCUT2D eigenvalue weighted by Gasteiger charge is -2.14. The molecule has 0 unspecified atom stereocenters. The fourth-order valence-corrected chi connectivity index (χ4v) is 2.17. The highest BCUT2D eigenvalue weighted by Crippen LogP contribution is 2.25. The number of rotatable bonds is 5. The minimum atomic E-state index is -0.356. The SMILES string of the molecule is Cc1ccc(C)c(OCCNC(=O)c2ccc(F)cc2)c1C. The highest BCUT2D eigenvalue weighted by Gasteiger charge is 2.07. The first kappa shape index (κ1) is 16.0. The van der Waals surface area contributed by atoms with Gasteiger partial charge in [-0.05, 0) is 61.7 Å². The van der Waals surface area contributed by atoms with Gasteiger partial charge in [0.05, 0.1) is 6.54 Å². The van der Waals surface area contributed by atoms with Gasteiger partial charge >= 0.3 is 0 Å². The first-order valence-electron chi connectivity index (χ1n) is 7.22. The Bertz CT molecular complexity index is 666. The van der Waals surface area contributed by atoms with Crippen LogP contribution in [0.2, 0.25) is 0 Å². The number of hydrogen-bond donors (Lipinski definition) is 1. The van der Waals surface area contributed by atoms with Crippen LogP contribution in [0.4, 0.5) is 4.39 Å². The summed E-state index contributed by atoms with van der Waals surface area (Å²) in [6.45, 7) is 6.84. The molecule has 0 aliphatic carbocycles. The quantitative estimate of drug-likeness (QED) is 0.858. The zero-order valence-corrected chi connectivity index (χ0v) is 13.1. The predicted octanol–water partition coefficient (Wildman–Crippen LogP) is 3.56. The molecule has 2 rings (SSSR count). The molecule has 3 nitrogen and oxygen atoms in total. The van der Waals surface area contributed by atoms with Crippen molar-refractivity contribution in [2.75, 3.05) is 13.2 Å². The minimum absolute atomic E-state index is 0.235. The van der Waals surface area contributed by atoms with Gasteiger partial charge in [-0.2, -0.15) is 0 Å². The Hall–Kier alpha value is -2.36. The molecule has 0 bridgehead atoms. The third-order valence-electron chi connectivity index (χ3n) is 3.61. The van der Waals surface area contributed by atoms with E-state index < -0.39 is 0 Å². The molecule has 0 aromatic heterocycles. The molecule has 0 heterocycles. The number of hydrogen-bond acceptors (Lipinski definition) is 2. The van der Waals surface area contributed by atoms with Gasteiger partial charge in [0, 0.05) is 5.56 Å². The minimum Gasteiger partial charge on any atom is -0.491 e. The van der Waals surface area contributed by atoms with Gasteiger partial charge in [0.15, 0.2) is 0 Å². The molecule has 22 heavy (non-hydrogen) atoms. The molecule has 0 spiro atoms. The van der Waals surface area contributed by atoms with E-state index in [1.807, 2.05) is 26.8 Å². The molecule has 0 aliphatic heterocycles. The van der Waals surface area contributed by atoms with Crippen LogP contribution in [0.5, 0.6) is 5.75 Å². The number of carbonyl (C=O) groups is 1. The molecule has 1 amide bonds. The van der Waals surface area contributed by atoms with Gasteiger partial charge in [-0.25, -0.2) is 4.39 Å². The number of carbonyl (C=O) groups excluding carboxylic acids is 1. The van der Waals surface area contributed by atoms with Gasteiger partial charge in [0.1, 0.15) is 18.2 Å². The van der Waals surface area contributed by atoms with E-state index in [-0.39, 0.29) is 11.7 Å². The average molecular weight is 301 g/mol. The normalized spacial score (nSPS) is 10.4. The van der Waals surface area contributed by atoms with Gasteiger partial charge in [0.2, 0.25) is 0 Å². The van der Waals surface area contributed by atoms with Crippen LogP contribution in [0.3, 0.4) is 0 Å². The molecule has 2 aromatic rings. The molecule has 2 aromatic carbocycles. The molecular formula is C18H20FNO2. The number of amides is 1. The van der Waals surface area contributed by atoms with Crippen LogP contribution in [0.25, 0.3) is 0 Å². The molecule has 116 valence electrons. The molecule has 4 heteroatoms. The van der Waals surface area contributed by atoms with E-state index in [9.17, 15) is 9.18 Å². The van der Waals surface area contributed by atoms with Crippen molar-refractivity contribution in [3.05, 3.63) is 64.5 Å². The summed E-state index contributed by atoms with van der Waals surface area (Å²) in [5, 5.41) is 2.76. The van der Waals surface area contributed by atoms with E-state index in [1.165, 1.54) is 29.8 Å². The highest BCUT2D eigenvalue weighted by molar-refractivity contribution is 5.94. The summed E-state index contributed by atoms with van der Waals surface area (Å²) in [5.74, 6) is 0.280. The van der Waals surface area contributed by atoms with Gasteiger partial charge in [0.25, 0.3) is 5.91 Å². The number of halogens is 1. The monoisotopic (exact) mass is 301 g/mol. The van der Waals surface area contributed by atoms with Crippen LogP contribution in [0.15, 0.2) is 36.4 Å². The maximum absolute atomic E-state index is 12.8. The molecule has 0 saturated heterocycles. The van der Waals surface area contributed by atoms with Gasteiger partial charge in [-0.3, -0.25) is 4.79 Å². The van der Waals surface area contributed by atoms with E-state index in [2.05, 4.69) is 11.4 Å². The maximum Gasteiger partial charge on any atom is 0.251 e. The van der Waals surface area contributed by atoms with Crippen molar-refractivity contribution in [2.45, 2.75) is 20.8 Å². The van der Waals surface area contributed by atoms with E-state index >= 15 is 0 Å². The zero-order valence-electron chi connectivity index (χ0n) is 13.1. The first-order chi connectivity index (χ1) is 10.5. The first-order valence-corrected chi connectivity index (χ1v) is 7.22. The molecule has 0 aliphatic rings. The lowest BCUT2D eigenvalue weighted by atomic mass is 10.1. The zero-order chi connectivity index (χ0) is 16.1. The van der Waals surface area contributed by atoms with Gasteiger partial charge < -0.3 is 10.1 Å². The molecule has 0 atom stereocenters. The van der Waals surface area contributed by atoms with Crippen LogP contribution in [0.1, 0.15) is 27.0 Å². The predicted molar refractivity (Wildman–Crippen MR) is 84.9 cm³/mol. The van der Waals surface area contributed by atoms with Crippen molar-refractivity contribution in [3.63, 3.8) is 0 Å². The van der Waals surface area contributed by atoms with Crippen LogP contribution in [0, 0.1) is 26.6 Å². The molecule has 0 fully saturated rings. The maximum atomic E-state index is 12.8. The topological polar surface area (TPSA) is 38.3 Å². The number of benzene rings is 2. The summed E-state index contributed by atoms with van der Waals surface area (Å²) in [6.07, 6.45) is 0. The summed E-state index contributed by atoms with van der Waals surface area (Å²) in [6, 6.07) is 9.54. The lowest BCUT2D eigenvalue weighted by molar-refractivity contribution is 0.0947. The Labute approximate surface area is 130 Å².